The number of hydrogen-bond donors (Lipinski definition) is 1. The molecule has 0 aliphatic heterocycles. The van der Waals surface area contributed by atoms with Crippen molar-refractivity contribution in [2.45, 2.75) is 0 Å². The van der Waals surface area contributed by atoms with Crippen LogP contribution in [0.4, 0.5) is 10.1 Å². The van der Waals surface area contributed by atoms with Crippen LogP contribution in [0.2, 0.25) is 0 Å². The Morgan fingerprint density at radius 3 is 2.62 bits per heavy atom. The van der Waals surface area contributed by atoms with Crippen molar-refractivity contribution in [3.8, 4) is 0 Å². The number of nitrogens with one attached hydrogen (secondary N) is 1. The molecule has 0 fully saturated rings. The fourth-order valence-electron chi connectivity index (χ4n) is 1.18. The lowest BCUT2D eigenvalue weighted by atomic mass is 10.3. The number of nitrogens with zero attached hydrogens (tertiary/aromatic N) is 3. The van der Waals surface area contributed by atoms with E-state index in [1.54, 1.807) is 7.05 Å². The molecule has 0 saturated carbocycles. The predicted octanol–water partition coefficient (Wildman–Crippen LogP) is 1.21. The number of amides is 1. The first-order valence-corrected chi connectivity index (χ1v) is 4.58. The number of carbonyl (C=O) groups is 1. The zero-order valence-corrected chi connectivity index (χ0v) is 8.51. The molecule has 0 atom stereocenters. The molecule has 0 spiro atoms. The Balaban J connectivity index is 2.10. The summed E-state index contributed by atoms with van der Waals surface area (Å²) in [5.74, 6) is -0.725. The summed E-state index contributed by atoms with van der Waals surface area (Å²) in [5, 5.41) is 9.87. The van der Waals surface area contributed by atoms with E-state index in [1.807, 2.05) is 0 Å². The van der Waals surface area contributed by atoms with E-state index in [2.05, 4.69) is 15.6 Å². The minimum Gasteiger partial charge on any atom is -0.321 e. The largest absolute Gasteiger partial charge is 0.321 e. The van der Waals surface area contributed by atoms with Crippen molar-refractivity contribution in [2.24, 2.45) is 7.05 Å². The molecule has 82 valence electrons. The van der Waals surface area contributed by atoms with Gasteiger partial charge in [0.05, 0.1) is 6.20 Å². The van der Waals surface area contributed by atoms with E-state index in [0.717, 1.165) is 0 Å². The molecule has 1 N–H and O–H groups in total. The SMILES string of the molecule is Cn1cc(C(=O)Nc2ccc(F)cc2)nn1. The van der Waals surface area contributed by atoms with Gasteiger partial charge in [-0.2, -0.15) is 0 Å². The molecule has 0 unspecified atom stereocenters. The maximum Gasteiger partial charge on any atom is 0.277 e. The highest BCUT2D eigenvalue weighted by atomic mass is 19.1. The van der Waals surface area contributed by atoms with Crippen molar-refractivity contribution < 1.29 is 9.18 Å². The van der Waals surface area contributed by atoms with E-state index in [-0.39, 0.29) is 17.4 Å². The summed E-state index contributed by atoms with van der Waals surface area (Å²) in [5.41, 5.74) is 0.726. The lowest BCUT2D eigenvalue weighted by molar-refractivity contribution is 0.102. The highest BCUT2D eigenvalue weighted by Crippen LogP contribution is 2.09. The van der Waals surface area contributed by atoms with Gasteiger partial charge in [-0.1, -0.05) is 5.21 Å². The molecular formula is C10H9FN4O. The van der Waals surface area contributed by atoms with Gasteiger partial charge in [0.1, 0.15) is 5.82 Å². The quantitative estimate of drug-likeness (QED) is 0.827. The molecule has 5 nitrogen and oxygen atoms in total. The van der Waals surface area contributed by atoms with Crippen LogP contribution in [0.25, 0.3) is 0 Å². The molecule has 0 saturated heterocycles. The number of aromatic nitrogens is 3. The third-order valence-corrected chi connectivity index (χ3v) is 1.94. The Hall–Kier alpha value is -2.24. The Morgan fingerprint density at radius 2 is 2.06 bits per heavy atom. The van der Waals surface area contributed by atoms with E-state index in [9.17, 15) is 9.18 Å². The van der Waals surface area contributed by atoms with Gasteiger partial charge in [0.2, 0.25) is 0 Å². The molecule has 0 aliphatic carbocycles. The number of hydrogen-bond acceptors (Lipinski definition) is 3. The van der Waals surface area contributed by atoms with Crippen LogP contribution in [0, 0.1) is 5.82 Å². The average Bonchev–Trinajstić information content (AvgIpc) is 2.68. The summed E-state index contributed by atoms with van der Waals surface area (Å²) in [4.78, 5) is 11.6. The Bertz CT molecular complexity index is 506. The van der Waals surface area contributed by atoms with Crippen LogP contribution in [-0.4, -0.2) is 20.9 Å². The summed E-state index contributed by atoms with van der Waals surface area (Å²) in [6.45, 7) is 0. The van der Waals surface area contributed by atoms with Gasteiger partial charge in [-0.25, -0.2) is 4.39 Å². The second-order valence-electron chi connectivity index (χ2n) is 3.24. The Kier molecular flexibility index (Phi) is 2.63. The van der Waals surface area contributed by atoms with Crippen LogP contribution in [0.15, 0.2) is 30.5 Å². The van der Waals surface area contributed by atoms with Crippen molar-refractivity contribution in [3.63, 3.8) is 0 Å². The van der Waals surface area contributed by atoms with Crippen molar-refractivity contribution in [1.82, 2.24) is 15.0 Å². The molecule has 1 heterocycles. The maximum atomic E-state index is 12.6. The summed E-state index contributed by atoms with van der Waals surface area (Å²) < 4.78 is 14.0. The lowest BCUT2D eigenvalue weighted by Crippen LogP contribution is -2.12. The summed E-state index contributed by atoms with van der Waals surface area (Å²) in [6.07, 6.45) is 1.50. The zero-order valence-electron chi connectivity index (χ0n) is 8.51. The summed E-state index contributed by atoms with van der Waals surface area (Å²) >= 11 is 0. The van der Waals surface area contributed by atoms with Gasteiger partial charge in [0.15, 0.2) is 5.69 Å². The number of halogens is 1. The first kappa shape index (κ1) is 10.3. The third kappa shape index (κ3) is 2.22. The average molecular weight is 220 g/mol. The molecule has 2 aromatic rings. The fraction of sp³-hybridized carbons (Fsp3) is 0.100. The van der Waals surface area contributed by atoms with Crippen LogP contribution >= 0.6 is 0 Å². The van der Waals surface area contributed by atoms with Gasteiger partial charge in [-0.15, -0.1) is 5.10 Å². The summed E-state index contributed by atoms with van der Waals surface area (Å²) in [7, 11) is 1.67. The minimum atomic E-state index is -0.375. The first-order valence-electron chi connectivity index (χ1n) is 4.58. The first-order chi connectivity index (χ1) is 7.65. The van der Waals surface area contributed by atoms with Gasteiger partial charge in [-0.3, -0.25) is 9.48 Å². The maximum absolute atomic E-state index is 12.6. The van der Waals surface area contributed by atoms with E-state index in [1.165, 1.54) is 35.1 Å². The second-order valence-corrected chi connectivity index (χ2v) is 3.24. The van der Waals surface area contributed by atoms with Crippen LogP contribution in [0.1, 0.15) is 10.5 Å². The van der Waals surface area contributed by atoms with Crippen molar-refractivity contribution in [3.05, 3.63) is 42.0 Å². The highest BCUT2D eigenvalue weighted by Gasteiger charge is 2.09. The van der Waals surface area contributed by atoms with E-state index in [4.69, 9.17) is 0 Å². The summed E-state index contributed by atoms with van der Waals surface area (Å²) in [6, 6.07) is 5.49. The normalized spacial score (nSPS) is 10.1. The van der Waals surface area contributed by atoms with E-state index < -0.39 is 0 Å². The van der Waals surface area contributed by atoms with Crippen molar-refractivity contribution in [2.75, 3.05) is 5.32 Å². The molecular weight excluding hydrogens is 211 g/mol. The van der Waals surface area contributed by atoms with Gasteiger partial charge >= 0.3 is 0 Å². The molecule has 0 radical (unpaired) electrons. The smallest absolute Gasteiger partial charge is 0.277 e. The molecule has 1 amide bonds. The number of benzene rings is 1. The van der Waals surface area contributed by atoms with E-state index >= 15 is 0 Å². The molecule has 1 aromatic heterocycles. The van der Waals surface area contributed by atoms with Gasteiger partial charge in [-0.05, 0) is 24.3 Å². The monoisotopic (exact) mass is 220 g/mol. The number of carbonyl (C=O) groups excluding carboxylic acids is 1. The zero-order chi connectivity index (χ0) is 11.5. The van der Waals surface area contributed by atoms with Crippen LogP contribution in [0.3, 0.4) is 0 Å². The van der Waals surface area contributed by atoms with Gasteiger partial charge in [0.25, 0.3) is 5.91 Å². The topological polar surface area (TPSA) is 59.8 Å². The number of aryl methyl sites for hydroxylation is 1. The van der Waals surface area contributed by atoms with Crippen molar-refractivity contribution >= 4 is 11.6 Å². The predicted molar refractivity (Wildman–Crippen MR) is 55.4 cm³/mol. The van der Waals surface area contributed by atoms with Crippen molar-refractivity contribution in [1.29, 1.82) is 0 Å². The third-order valence-electron chi connectivity index (χ3n) is 1.94. The molecule has 1 aromatic carbocycles. The minimum absolute atomic E-state index is 0.215. The van der Waals surface area contributed by atoms with Crippen LogP contribution in [0.5, 0.6) is 0 Å². The highest BCUT2D eigenvalue weighted by molar-refractivity contribution is 6.02. The molecule has 2 rings (SSSR count). The fourth-order valence-corrected chi connectivity index (χ4v) is 1.18. The Morgan fingerprint density at radius 1 is 1.38 bits per heavy atom. The lowest BCUT2D eigenvalue weighted by Gasteiger charge is -2.01. The molecule has 16 heavy (non-hydrogen) atoms. The van der Waals surface area contributed by atoms with E-state index in [0.29, 0.717) is 5.69 Å². The second kappa shape index (κ2) is 4.09. The Labute approximate surface area is 90.9 Å². The van der Waals surface area contributed by atoms with Gasteiger partial charge < -0.3 is 5.32 Å². The molecule has 0 aliphatic rings. The van der Waals surface area contributed by atoms with Crippen LogP contribution in [-0.2, 0) is 7.05 Å². The van der Waals surface area contributed by atoms with Crippen LogP contribution < -0.4 is 5.32 Å². The number of anilines is 1. The molecule has 0 bridgehead atoms. The standard InChI is InChI=1S/C10H9FN4O/c1-15-6-9(13-14-15)10(16)12-8-4-2-7(11)3-5-8/h2-6H,1H3,(H,12,16). The number of rotatable bonds is 2. The van der Waals surface area contributed by atoms with Gasteiger partial charge in [0, 0.05) is 12.7 Å². The molecule has 6 heteroatoms.